The van der Waals surface area contributed by atoms with Gasteiger partial charge in [0.1, 0.15) is 0 Å². The van der Waals surface area contributed by atoms with Crippen LogP contribution in [0, 0.1) is 18.6 Å². The number of hydrogen-bond donors (Lipinski definition) is 1. The van der Waals surface area contributed by atoms with Gasteiger partial charge in [-0.25, -0.2) is 13.8 Å². The second-order valence-electron chi connectivity index (χ2n) is 5.71. The summed E-state index contributed by atoms with van der Waals surface area (Å²) in [6.45, 7) is 1.94. The van der Waals surface area contributed by atoms with E-state index in [9.17, 15) is 18.4 Å². The normalized spacial score (nSPS) is 10.6. The maximum atomic E-state index is 13.4. The SMILES string of the molecule is Cc1ccc(NC(=O)CSc2nccn(-c3ccc(F)c(F)c3)c2=O)cc1. The predicted molar refractivity (Wildman–Crippen MR) is 100 cm³/mol. The monoisotopic (exact) mass is 387 g/mol. The minimum absolute atomic E-state index is 0.0160. The van der Waals surface area contributed by atoms with Gasteiger partial charge in [-0.3, -0.25) is 14.2 Å². The molecule has 0 aliphatic carbocycles. The van der Waals surface area contributed by atoms with Crippen molar-refractivity contribution < 1.29 is 13.6 Å². The number of carbonyl (C=O) groups is 1. The molecule has 1 amide bonds. The summed E-state index contributed by atoms with van der Waals surface area (Å²) in [7, 11) is 0. The smallest absolute Gasteiger partial charge is 0.287 e. The van der Waals surface area contributed by atoms with E-state index in [0.717, 1.165) is 34.0 Å². The van der Waals surface area contributed by atoms with E-state index < -0.39 is 17.2 Å². The Morgan fingerprint density at radius 1 is 1.15 bits per heavy atom. The number of hydrogen-bond acceptors (Lipinski definition) is 4. The lowest BCUT2D eigenvalue weighted by atomic mass is 10.2. The summed E-state index contributed by atoms with van der Waals surface area (Å²) in [6.07, 6.45) is 2.72. The molecule has 0 radical (unpaired) electrons. The van der Waals surface area contributed by atoms with Crippen molar-refractivity contribution in [1.82, 2.24) is 9.55 Å². The molecule has 1 N–H and O–H groups in total. The van der Waals surface area contributed by atoms with Crippen LogP contribution in [-0.4, -0.2) is 21.2 Å². The molecular formula is C19H15F2N3O2S. The molecule has 5 nitrogen and oxygen atoms in total. The number of rotatable bonds is 5. The molecule has 0 unspecified atom stereocenters. The Labute approximate surface area is 158 Å². The van der Waals surface area contributed by atoms with Crippen molar-refractivity contribution in [2.75, 3.05) is 11.1 Å². The second kappa shape index (κ2) is 8.13. The van der Waals surface area contributed by atoms with Crippen LogP contribution in [0.15, 0.2) is 64.7 Å². The molecule has 27 heavy (non-hydrogen) atoms. The summed E-state index contributed by atoms with van der Waals surface area (Å²) in [5.41, 5.74) is 1.39. The number of benzene rings is 2. The Kier molecular flexibility index (Phi) is 5.66. The van der Waals surface area contributed by atoms with Crippen LogP contribution in [0.1, 0.15) is 5.56 Å². The van der Waals surface area contributed by atoms with Crippen LogP contribution < -0.4 is 10.9 Å². The average Bonchev–Trinajstić information content (AvgIpc) is 2.65. The lowest BCUT2D eigenvalue weighted by Gasteiger charge is -2.08. The van der Waals surface area contributed by atoms with Crippen molar-refractivity contribution in [1.29, 1.82) is 0 Å². The molecule has 0 fully saturated rings. The Balaban J connectivity index is 1.72. The van der Waals surface area contributed by atoms with E-state index in [1.165, 1.54) is 18.5 Å². The Bertz CT molecular complexity index is 1040. The number of aromatic nitrogens is 2. The Morgan fingerprint density at radius 2 is 1.89 bits per heavy atom. The van der Waals surface area contributed by atoms with Crippen LogP contribution in [0.5, 0.6) is 0 Å². The van der Waals surface area contributed by atoms with E-state index in [1.807, 2.05) is 19.1 Å². The van der Waals surface area contributed by atoms with Gasteiger partial charge in [0.05, 0.1) is 11.4 Å². The summed E-state index contributed by atoms with van der Waals surface area (Å²) in [6, 6.07) is 10.5. The van der Waals surface area contributed by atoms with E-state index in [1.54, 1.807) is 12.1 Å². The molecular weight excluding hydrogens is 372 g/mol. The number of carbonyl (C=O) groups excluding carboxylic acids is 1. The second-order valence-corrected chi connectivity index (χ2v) is 6.67. The van der Waals surface area contributed by atoms with E-state index in [4.69, 9.17) is 0 Å². The lowest BCUT2D eigenvalue weighted by molar-refractivity contribution is -0.113. The first kappa shape index (κ1) is 18.8. The van der Waals surface area contributed by atoms with Crippen LogP contribution in [0.25, 0.3) is 5.69 Å². The molecule has 0 aliphatic rings. The van der Waals surface area contributed by atoms with Crippen molar-refractivity contribution in [3.8, 4) is 5.69 Å². The summed E-state index contributed by atoms with van der Waals surface area (Å²) in [5.74, 6) is -2.35. The zero-order chi connectivity index (χ0) is 19.4. The summed E-state index contributed by atoms with van der Waals surface area (Å²) in [4.78, 5) is 28.5. The Hall–Kier alpha value is -3.00. The van der Waals surface area contributed by atoms with Gasteiger partial charge < -0.3 is 5.32 Å². The van der Waals surface area contributed by atoms with Crippen LogP contribution in [-0.2, 0) is 4.79 Å². The van der Waals surface area contributed by atoms with E-state index in [-0.39, 0.29) is 22.4 Å². The van der Waals surface area contributed by atoms with Crippen LogP contribution >= 0.6 is 11.8 Å². The number of nitrogens with zero attached hydrogens (tertiary/aromatic N) is 2. The van der Waals surface area contributed by atoms with Crippen LogP contribution in [0.3, 0.4) is 0 Å². The minimum Gasteiger partial charge on any atom is -0.325 e. The molecule has 0 spiro atoms. The molecule has 0 saturated carbocycles. The molecule has 0 bridgehead atoms. The number of nitrogens with one attached hydrogen (secondary N) is 1. The molecule has 8 heteroatoms. The average molecular weight is 387 g/mol. The van der Waals surface area contributed by atoms with E-state index >= 15 is 0 Å². The molecule has 1 aromatic heterocycles. The maximum absolute atomic E-state index is 13.4. The lowest BCUT2D eigenvalue weighted by Crippen LogP contribution is -2.22. The first-order valence-corrected chi connectivity index (χ1v) is 8.95. The number of anilines is 1. The van der Waals surface area contributed by atoms with Gasteiger partial charge in [0.15, 0.2) is 16.7 Å². The van der Waals surface area contributed by atoms with Crippen molar-refractivity contribution >= 4 is 23.4 Å². The first-order valence-electron chi connectivity index (χ1n) is 7.96. The van der Waals surface area contributed by atoms with Gasteiger partial charge in [0.2, 0.25) is 5.91 Å². The number of thioether (sulfide) groups is 1. The largest absolute Gasteiger partial charge is 0.325 e. The van der Waals surface area contributed by atoms with Gasteiger partial charge in [-0.05, 0) is 31.2 Å². The molecule has 1 heterocycles. The van der Waals surface area contributed by atoms with Crippen LogP contribution in [0.2, 0.25) is 0 Å². The fraction of sp³-hybridized carbons (Fsp3) is 0.105. The molecule has 2 aromatic carbocycles. The zero-order valence-corrected chi connectivity index (χ0v) is 15.1. The maximum Gasteiger partial charge on any atom is 0.287 e. The van der Waals surface area contributed by atoms with E-state index in [0.29, 0.717) is 5.69 Å². The Morgan fingerprint density at radius 3 is 2.59 bits per heavy atom. The highest BCUT2D eigenvalue weighted by Gasteiger charge is 2.12. The minimum atomic E-state index is -1.05. The number of aryl methyl sites for hydroxylation is 1. The topological polar surface area (TPSA) is 64.0 Å². The molecule has 3 rings (SSSR count). The van der Waals surface area contributed by atoms with Crippen molar-refractivity contribution in [2.24, 2.45) is 0 Å². The standard InChI is InChI=1S/C19H15F2N3O2S/c1-12-2-4-13(5-3-12)23-17(25)11-27-18-19(26)24(9-8-22-18)14-6-7-15(20)16(21)10-14/h2-10H,11H2,1H3,(H,23,25). The molecule has 0 saturated heterocycles. The quantitative estimate of drug-likeness (QED) is 0.680. The third kappa shape index (κ3) is 4.59. The third-order valence-corrected chi connectivity index (χ3v) is 4.63. The van der Waals surface area contributed by atoms with Gasteiger partial charge in [-0.1, -0.05) is 29.5 Å². The third-order valence-electron chi connectivity index (χ3n) is 3.67. The summed E-state index contributed by atoms with van der Waals surface area (Å²) < 4.78 is 27.6. The molecule has 0 atom stereocenters. The van der Waals surface area contributed by atoms with Gasteiger partial charge in [0, 0.05) is 24.1 Å². The summed E-state index contributed by atoms with van der Waals surface area (Å²) >= 11 is 0.969. The van der Waals surface area contributed by atoms with E-state index in [2.05, 4.69) is 10.3 Å². The summed E-state index contributed by atoms with van der Waals surface area (Å²) in [5, 5.41) is 2.82. The number of halogens is 2. The first-order chi connectivity index (χ1) is 12.9. The highest BCUT2D eigenvalue weighted by atomic mass is 32.2. The van der Waals surface area contributed by atoms with Gasteiger partial charge in [-0.2, -0.15) is 0 Å². The van der Waals surface area contributed by atoms with Gasteiger partial charge in [-0.15, -0.1) is 0 Å². The molecule has 3 aromatic rings. The van der Waals surface area contributed by atoms with Crippen molar-refractivity contribution in [3.63, 3.8) is 0 Å². The predicted octanol–water partition coefficient (Wildman–Crippen LogP) is 3.55. The fourth-order valence-corrected chi connectivity index (χ4v) is 3.00. The van der Waals surface area contributed by atoms with Gasteiger partial charge >= 0.3 is 0 Å². The highest BCUT2D eigenvalue weighted by molar-refractivity contribution is 7.99. The fourth-order valence-electron chi connectivity index (χ4n) is 2.30. The molecule has 0 aliphatic heterocycles. The van der Waals surface area contributed by atoms with Crippen LogP contribution in [0.4, 0.5) is 14.5 Å². The van der Waals surface area contributed by atoms with Crippen molar-refractivity contribution in [3.05, 3.63) is 82.4 Å². The highest BCUT2D eigenvalue weighted by Crippen LogP contribution is 2.15. The molecule has 138 valence electrons. The van der Waals surface area contributed by atoms with Gasteiger partial charge in [0.25, 0.3) is 5.56 Å². The number of amides is 1. The zero-order valence-electron chi connectivity index (χ0n) is 14.3. The van der Waals surface area contributed by atoms with Crippen molar-refractivity contribution in [2.45, 2.75) is 11.9 Å².